The van der Waals surface area contributed by atoms with Crippen molar-refractivity contribution in [2.45, 2.75) is 30.6 Å². The Morgan fingerprint density at radius 2 is 1.53 bits per heavy atom. The summed E-state index contributed by atoms with van der Waals surface area (Å²) in [5.74, 6) is 3.52. The second-order valence-electron chi connectivity index (χ2n) is 8.71. The van der Waals surface area contributed by atoms with Gasteiger partial charge in [0, 0.05) is 47.4 Å². The van der Waals surface area contributed by atoms with Crippen molar-refractivity contribution in [3.63, 3.8) is 0 Å². The van der Waals surface area contributed by atoms with E-state index >= 15 is 0 Å². The highest BCUT2D eigenvalue weighted by molar-refractivity contribution is 7.99. The average molecular weight is 524 g/mol. The van der Waals surface area contributed by atoms with Gasteiger partial charge in [0.15, 0.2) is 0 Å². The number of hydrogen-bond donors (Lipinski definition) is 1. The van der Waals surface area contributed by atoms with E-state index in [0.29, 0.717) is 12.6 Å². The molecular weight excluding hydrogens is 494 g/mol. The van der Waals surface area contributed by atoms with Gasteiger partial charge in [-0.3, -0.25) is 0 Å². The lowest BCUT2D eigenvalue weighted by Gasteiger charge is -2.20. The maximum atomic E-state index is 6.04. The number of nitrogens with zero attached hydrogens (tertiary/aromatic N) is 6. The molecule has 0 unspecified atom stereocenters. The van der Waals surface area contributed by atoms with Gasteiger partial charge in [-0.1, -0.05) is 23.7 Å². The molecule has 2 aliphatic heterocycles. The maximum absolute atomic E-state index is 6.04. The number of ether oxygens (including phenoxy) is 1. The predicted octanol–water partition coefficient (Wildman–Crippen LogP) is 5.34. The third kappa shape index (κ3) is 6.59. The van der Waals surface area contributed by atoms with Crippen LogP contribution in [0.4, 0.5) is 17.8 Å². The zero-order chi connectivity index (χ0) is 24.6. The minimum Gasteiger partial charge on any atom is -0.492 e. The number of nitrogens with one attached hydrogen (secondary N) is 1. The number of rotatable bonds is 10. The number of halogens is 1. The van der Waals surface area contributed by atoms with Crippen LogP contribution in [-0.2, 0) is 0 Å². The second kappa shape index (κ2) is 12.3. The Hall–Kier alpha value is -3.04. The Bertz CT molecular complexity index is 1130. The van der Waals surface area contributed by atoms with Gasteiger partial charge in [0.2, 0.25) is 17.8 Å². The molecule has 0 spiro atoms. The van der Waals surface area contributed by atoms with E-state index in [1.807, 2.05) is 48.5 Å². The predicted molar refractivity (Wildman–Crippen MR) is 148 cm³/mol. The molecule has 0 bridgehead atoms. The van der Waals surface area contributed by atoms with Gasteiger partial charge in [-0.15, -0.1) is 11.8 Å². The van der Waals surface area contributed by atoms with Gasteiger partial charge in [0.05, 0.1) is 12.8 Å². The number of thioether (sulfide) groups is 1. The van der Waals surface area contributed by atoms with Crippen molar-refractivity contribution < 1.29 is 4.74 Å². The molecule has 1 aromatic heterocycles. The van der Waals surface area contributed by atoms with Crippen molar-refractivity contribution >= 4 is 47.4 Å². The molecule has 3 aromatic rings. The van der Waals surface area contributed by atoms with Gasteiger partial charge in [-0.2, -0.15) is 20.1 Å². The molecule has 8 nitrogen and oxygen atoms in total. The fraction of sp³-hybridized carbons (Fsp3) is 0.385. The molecule has 2 fully saturated rings. The van der Waals surface area contributed by atoms with Crippen LogP contribution in [0.3, 0.4) is 0 Å². The van der Waals surface area contributed by atoms with Crippen LogP contribution in [0.25, 0.3) is 0 Å². The van der Waals surface area contributed by atoms with Gasteiger partial charge in [-0.05, 0) is 62.1 Å². The first kappa shape index (κ1) is 24.6. The Balaban J connectivity index is 1.22. The minimum atomic E-state index is 0.461. The Kier molecular flexibility index (Phi) is 8.40. The molecule has 0 amide bonds. The van der Waals surface area contributed by atoms with E-state index in [4.69, 9.17) is 21.3 Å². The van der Waals surface area contributed by atoms with E-state index in [1.54, 1.807) is 18.0 Å². The minimum absolute atomic E-state index is 0.461. The summed E-state index contributed by atoms with van der Waals surface area (Å²) in [5.41, 5.74) is 3.91. The normalized spacial score (nSPS) is 15.7. The molecule has 0 saturated carbocycles. The van der Waals surface area contributed by atoms with Crippen LogP contribution < -0.4 is 20.0 Å². The molecule has 2 saturated heterocycles. The van der Waals surface area contributed by atoms with Crippen LogP contribution in [0, 0.1) is 0 Å². The topological polar surface area (TPSA) is 78.8 Å². The smallest absolute Gasteiger partial charge is 0.250 e. The lowest BCUT2D eigenvalue weighted by Crippen LogP contribution is -2.25. The maximum Gasteiger partial charge on any atom is 0.250 e. The first-order valence-electron chi connectivity index (χ1n) is 12.4. The van der Waals surface area contributed by atoms with Gasteiger partial charge in [0.1, 0.15) is 5.75 Å². The molecule has 0 radical (unpaired) electrons. The van der Waals surface area contributed by atoms with Crippen molar-refractivity contribution in [1.82, 2.24) is 15.0 Å². The molecule has 2 aromatic carbocycles. The molecular formula is C26H30ClN7OS. The van der Waals surface area contributed by atoms with E-state index in [0.717, 1.165) is 60.2 Å². The lowest BCUT2D eigenvalue weighted by atomic mass is 10.2. The van der Waals surface area contributed by atoms with Gasteiger partial charge in [0.25, 0.3) is 0 Å². The summed E-state index contributed by atoms with van der Waals surface area (Å²) in [6.07, 6.45) is 6.42. The summed E-state index contributed by atoms with van der Waals surface area (Å²) in [5, 5.41) is 5.17. The standard InChI is InChI=1S/C26H30ClN7OS/c27-21-9-11-22(12-10-21)36-18-17-35-23-8-2-1-7-20(23)19-28-32-24-29-25(33-13-3-4-14-33)31-26(30-24)34-15-5-6-16-34/h1-2,7-12,19H,3-6,13-18H2,(H,29,30,31,32)/b28-19+. The third-order valence-corrected chi connectivity index (χ3v) is 7.33. The number of benzene rings is 2. The van der Waals surface area contributed by atoms with Gasteiger partial charge < -0.3 is 14.5 Å². The molecule has 5 rings (SSSR count). The number of para-hydroxylation sites is 1. The SMILES string of the molecule is Clc1ccc(SCCOc2ccccc2/C=N/Nc2nc(N3CCCC3)nc(N3CCCC3)n2)cc1. The summed E-state index contributed by atoms with van der Waals surface area (Å²) in [4.78, 5) is 19.7. The second-order valence-corrected chi connectivity index (χ2v) is 10.3. The number of aromatic nitrogens is 3. The van der Waals surface area contributed by atoms with E-state index in [-0.39, 0.29) is 0 Å². The quantitative estimate of drug-likeness (QED) is 0.165. The Labute approximate surface area is 221 Å². The highest BCUT2D eigenvalue weighted by Crippen LogP contribution is 2.24. The monoisotopic (exact) mass is 523 g/mol. The first-order valence-corrected chi connectivity index (χ1v) is 13.8. The molecule has 1 N–H and O–H groups in total. The fourth-order valence-electron chi connectivity index (χ4n) is 4.24. The van der Waals surface area contributed by atoms with Crippen molar-refractivity contribution in [2.75, 3.05) is 53.8 Å². The average Bonchev–Trinajstić information content (AvgIpc) is 3.64. The molecule has 0 atom stereocenters. The summed E-state index contributed by atoms with van der Waals surface area (Å²) in [7, 11) is 0. The zero-order valence-corrected chi connectivity index (χ0v) is 21.7. The summed E-state index contributed by atoms with van der Waals surface area (Å²) < 4.78 is 6.04. The summed E-state index contributed by atoms with van der Waals surface area (Å²) in [6, 6.07) is 15.7. The van der Waals surface area contributed by atoms with Crippen molar-refractivity contribution in [1.29, 1.82) is 0 Å². The largest absolute Gasteiger partial charge is 0.492 e. The van der Waals surface area contributed by atoms with E-state index in [2.05, 4.69) is 30.3 Å². The number of hydrogen-bond acceptors (Lipinski definition) is 9. The number of hydrazone groups is 1. The molecule has 10 heteroatoms. The molecule has 188 valence electrons. The molecule has 3 heterocycles. The zero-order valence-electron chi connectivity index (χ0n) is 20.1. The van der Waals surface area contributed by atoms with Crippen LogP contribution in [-0.4, -0.2) is 59.7 Å². The van der Waals surface area contributed by atoms with E-state index in [1.165, 1.54) is 30.6 Å². The van der Waals surface area contributed by atoms with Crippen LogP contribution >= 0.6 is 23.4 Å². The van der Waals surface area contributed by atoms with Crippen molar-refractivity contribution in [3.05, 3.63) is 59.1 Å². The molecule has 2 aliphatic rings. The van der Waals surface area contributed by atoms with Crippen LogP contribution in [0.2, 0.25) is 5.02 Å². The highest BCUT2D eigenvalue weighted by Gasteiger charge is 2.21. The summed E-state index contributed by atoms with van der Waals surface area (Å²) >= 11 is 7.69. The Morgan fingerprint density at radius 1 is 0.889 bits per heavy atom. The molecule has 0 aliphatic carbocycles. The van der Waals surface area contributed by atoms with Crippen LogP contribution in [0.15, 0.2) is 58.5 Å². The van der Waals surface area contributed by atoms with E-state index < -0.39 is 0 Å². The fourth-order valence-corrected chi connectivity index (χ4v) is 5.10. The summed E-state index contributed by atoms with van der Waals surface area (Å²) in [6.45, 7) is 4.50. The van der Waals surface area contributed by atoms with Crippen LogP contribution in [0.1, 0.15) is 31.2 Å². The van der Waals surface area contributed by atoms with Crippen LogP contribution in [0.5, 0.6) is 5.75 Å². The molecule has 36 heavy (non-hydrogen) atoms. The third-order valence-electron chi connectivity index (χ3n) is 6.10. The van der Waals surface area contributed by atoms with Gasteiger partial charge in [-0.25, -0.2) is 5.43 Å². The highest BCUT2D eigenvalue weighted by atomic mass is 35.5. The van der Waals surface area contributed by atoms with Crippen molar-refractivity contribution in [2.24, 2.45) is 5.10 Å². The van der Waals surface area contributed by atoms with Crippen molar-refractivity contribution in [3.8, 4) is 5.75 Å². The van der Waals surface area contributed by atoms with E-state index in [9.17, 15) is 0 Å². The lowest BCUT2D eigenvalue weighted by molar-refractivity contribution is 0.343. The van der Waals surface area contributed by atoms with Gasteiger partial charge >= 0.3 is 0 Å². The number of anilines is 3. The Morgan fingerprint density at radius 3 is 2.19 bits per heavy atom. The first-order chi connectivity index (χ1) is 17.7.